The quantitative estimate of drug-likeness (QED) is 0.897. The second-order valence-electron chi connectivity index (χ2n) is 6.09. The van der Waals surface area contributed by atoms with Gasteiger partial charge in [-0.2, -0.15) is 0 Å². The first-order valence-corrected chi connectivity index (χ1v) is 7.69. The fourth-order valence-corrected chi connectivity index (χ4v) is 2.86. The molecule has 1 amide bonds. The van der Waals surface area contributed by atoms with Crippen LogP contribution in [0.15, 0.2) is 24.3 Å². The van der Waals surface area contributed by atoms with Gasteiger partial charge < -0.3 is 10.6 Å². The average molecular weight is 274 g/mol. The Hall–Kier alpha value is -1.35. The van der Waals surface area contributed by atoms with E-state index in [1.807, 2.05) is 18.7 Å². The summed E-state index contributed by atoms with van der Waals surface area (Å²) < 4.78 is 0. The molecule has 1 heterocycles. The van der Waals surface area contributed by atoms with E-state index in [1.54, 1.807) is 0 Å². The molecule has 2 unspecified atom stereocenters. The van der Waals surface area contributed by atoms with Crippen LogP contribution in [0.3, 0.4) is 0 Å². The maximum atomic E-state index is 12.5. The largest absolute Gasteiger partial charge is 0.338 e. The first-order chi connectivity index (χ1) is 9.58. The van der Waals surface area contributed by atoms with Crippen LogP contribution in [0.2, 0.25) is 0 Å². The minimum absolute atomic E-state index is 0.110. The van der Waals surface area contributed by atoms with Gasteiger partial charge in [-0.25, -0.2) is 0 Å². The highest BCUT2D eigenvalue weighted by atomic mass is 16.2. The molecule has 0 spiro atoms. The van der Waals surface area contributed by atoms with Crippen molar-refractivity contribution in [1.82, 2.24) is 4.90 Å². The van der Waals surface area contributed by atoms with E-state index in [0.29, 0.717) is 5.91 Å². The van der Waals surface area contributed by atoms with Crippen molar-refractivity contribution < 1.29 is 4.79 Å². The van der Waals surface area contributed by atoms with Crippen molar-refractivity contribution in [3.8, 4) is 0 Å². The molecule has 3 nitrogen and oxygen atoms in total. The van der Waals surface area contributed by atoms with Gasteiger partial charge in [0.2, 0.25) is 5.91 Å². The SMILES string of the molecule is CC(N)CCCC(C)C(=O)N1CCc2ccccc2C1. The number of fused-ring (bicyclic) bond motifs is 1. The monoisotopic (exact) mass is 274 g/mol. The summed E-state index contributed by atoms with van der Waals surface area (Å²) in [5.74, 6) is 0.406. The van der Waals surface area contributed by atoms with Gasteiger partial charge in [-0.05, 0) is 37.3 Å². The molecule has 1 aliphatic heterocycles. The van der Waals surface area contributed by atoms with Crippen LogP contribution in [0.5, 0.6) is 0 Å². The van der Waals surface area contributed by atoms with Crippen molar-refractivity contribution in [3.05, 3.63) is 35.4 Å². The summed E-state index contributed by atoms with van der Waals surface area (Å²) >= 11 is 0. The first kappa shape index (κ1) is 15.0. The van der Waals surface area contributed by atoms with E-state index in [2.05, 4.69) is 24.3 Å². The van der Waals surface area contributed by atoms with Crippen LogP contribution in [0.4, 0.5) is 0 Å². The number of carbonyl (C=O) groups is 1. The summed E-state index contributed by atoms with van der Waals surface area (Å²) in [6, 6.07) is 8.67. The fourth-order valence-electron chi connectivity index (χ4n) is 2.86. The fraction of sp³-hybridized carbons (Fsp3) is 0.588. The highest BCUT2D eigenvalue weighted by Gasteiger charge is 2.24. The third-order valence-electron chi connectivity index (χ3n) is 4.16. The molecule has 2 N–H and O–H groups in total. The molecule has 0 radical (unpaired) electrons. The van der Waals surface area contributed by atoms with Gasteiger partial charge in [-0.15, -0.1) is 0 Å². The van der Waals surface area contributed by atoms with Crippen molar-refractivity contribution >= 4 is 5.91 Å². The van der Waals surface area contributed by atoms with E-state index < -0.39 is 0 Å². The lowest BCUT2D eigenvalue weighted by Gasteiger charge is -2.31. The van der Waals surface area contributed by atoms with Gasteiger partial charge in [0.05, 0.1) is 0 Å². The standard InChI is InChI=1S/C17H26N2O/c1-13(6-5-7-14(2)18)17(20)19-11-10-15-8-3-4-9-16(15)12-19/h3-4,8-9,13-14H,5-7,10-12,18H2,1-2H3. The van der Waals surface area contributed by atoms with Crippen LogP contribution in [-0.2, 0) is 17.8 Å². The number of carbonyl (C=O) groups excluding carboxylic acids is 1. The smallest absolute Gasteiger partial charge is 0.225 e. The van der Waals surface area contributed by atoms with Crippen molar-refractivity contribution in [3.63, 3.8) is 0 Å². The van der Waals surface area contributed by atoms with Crippen molar-refractivity contribution in [2.24, 2.45) is 11.7 Å². The molecule has 1 aliphatic rings. The van der Waals surface area contributed by atoms with Gasteiger partial charge in [0.1, 0.15) is 0 Å². The summed E-state index contributed by atoms with van der Waals surface area (Å²) in [7, 11) is 0. The Kier molecular flexibility index (Phi) is 5.18. The Morgan fingerprint density at radius 2 is 1.95 bits per heavy atom. The van der Waals surface area contributed by atoms with Crippen LogP contribution < -0.4 is 5.73 Å². The van der Waals surface area contributed by atoms with Gasteiger partial charge in [-0.3, -0.25) is 4.79 Å². The van der Waals surface area contributed by atoms with Gasteiger partial charge >= 0.3 is 0 Å². The number of nitrogens with zero attached hydrogens (tertiary/aromatic N) is 1. The zero-order valence-corrected chi connectivity index (χ0v) is 12.6. The van der Waals surface area contributed by atoms with E-state index >= 15 is 0 Å². The molecule has 0 aromatic heterocycles. The molecular formula is C17H26N2O. The van der Waals surface area contributed by atoms with Crippen LogP contribution in [0.25, 0.3) is 0 Å². The molecule has 0 saturated heterocycles. The molecule has 3 heteroatoms. The molecule has 0 bridgehead atoms. The Bertz CT molecular complexity index is 456. The lowest BCUT2D eigenvalue weighted by Crippen LogP contribution is -2.39. The summed E-state index contributed by atoms with van der Waals surface area (Å²) in [6.45, 7) is 5.69. The Morgan fingerprint density at radius 3 is 2.65 bits per heavy atom. The lowest BCUT2D eigenvalue weighted by atomic mass is 9.96. The predicted octanol–water partition coefficient (Wildman–Crippen LogP) is 2.72. The normalized spacial score (nSPS) is 17.4. The second kappa shape index (κ2) is 6.89. The summed E-state index contributed by atoms with van der Waals surface area (Å²) in [4.78, 5) is 14.5. The third kappa shape index (κ3) is 3.83. The molecule has 0 aliphatic carbocycles. The van der Waals surface area contributed by atoms with Gasteiger partial charge in [0.25, 0.3) is 0 Å². The molecule has 0 saturated carbocycles. The summed E-state index contributed by atoms with van der Waals surface area (Å²) in [6.07, 6.45) is 3.96. The molecule has 2 atom stereocenters. The van der Waals surface area contributed by atoms with Gasteiger partial charge in [0, 0.05) is 25.0 Å². The topological polar surface area (TPSA) is 46.3 Å². The number of rotatable bonds is 5. The van der Waals surface area contributed by atoms with E-state index in [0.717, 1.165) is 38.8 Å². The van der Waals surface area contributed by atoms with Crippen molar-refractivity contribution in [1.29, 1.82) is 0 Å². The zero-order valence-electron chi connectivity index (χ0n) is 12.6. The number of hydrogen-bond acceptors (Lipinski definition) is 2. The molecule has 0 fully saturated rings. The zero-order chi connectivity index (χ0) is 14.5. The average Bonchev–Trinajstić information content (AvgIpc) is 2.45. The number of hydrogen-bond donors (Lipinski definition) is 1. The summed E-state index contributed by atoms with van der Waals surface area (Å²) in [5.41, 5.74) is 8.45. The second-order valence-corrected chi connectivity index (χ2v) is 6.09. The molecule has 2 rings (SSSR count). The number of amides is 1. The number of nitrogens with two attached hydrogens (primary N) is 1. The summed E-state index contributed by atoms with van der Waals surface area (Å²) in [5, 5.41) is 0. The Labute approximate surface area is 122 Å². The molecule has 110 valence electrons. The van der Waals surface area contributed by atoms with Gasteiger partial charge in [-0.1, -0.05) is 37.6 Å². The van der Waals surface area contributed by atoms with E-state index in [-0.39, 0.29) is 12.0 Å². The molecule has 1 aromatic rings. The predicted molar refractivity (Wildman–Crippen MR) is 82.2 cm³/mol. The Morgan fingerprint density at radius 1 is 1.25 bits per heavy atom. The first-order valence-electron chi connectivity index (χ1n) is 7.69. The number of benzene rings is 1. The van der Waals surface area contributed by atoms with Crippen molar-refractivity contribution in [2.45, 2.75) is 52.1 Å². The van der Waals surface area contributed by atoms with Crippen LogP contribution in [0.1, 0.15) is 44.2 Å². The van der Waals surface area contributed by atoms with Gasteiger partial charge in [0.15, 0.2) is 0 Å². The maximum Gasteiger partial charge on any atom is 0.225 e. The molecular weight excluding hydrogens is 248 g/mol. The van der Waals surface area contributed by atoms with Crippen LogP contribution in [0, 0.1) is 5.92 Å². The molecule has 20 heavy (non-hydrogen) atoms. The highest BCUT2D eigenvalue weighted by molar-refractivity contribution is 5.78. The minimum atomic E-state index is 0.110. The highest BCUT2D eigenvalue weighted by Crippen LogP contribution is 2.21. The van der Waals surface area contributed by atoms with E-state index in [9.17, 15) is 4.79 Å². The minimum Gasteiger partial charge on any atom is -0.338 e. The van der Waals surface area contributed by atoms with Crippen LogP contribution >= 0.6 is 0 Å². The van der Waals surface area contributed by atoms with Crippen molar-refractivity contribution in [2.75, 3.05) is 6.54 Å². The van der Waals surface area contributed by atoms with E-state index in [1.165, 1.54) is 11.1 Å². The van der Waals surface area contributed by atoms with Crippen LogP contribution in [-0.4, -0.2) is 23.4 Å². The molecule has 1 aromatic carbocycles. The maximum absolute atomic E-state index is 12.5. The lowest BCUT2D eigenvalue weighted by molar-refractivity contribution is -0.136. The Balaban J connectivity index is 1.87. The van der Waals surface area contributed by atoms with E-state index in [4.69, 9.17) is 5.73 Å². The third-order valence-corrected chi connectivity index (χ3v) is 4.16.